The summed E-state index contributed by atoms with van der Waals surface area (Å²) in [6, 6.07) is 10.6. The predicted octanol–water partition coefficient (Wildman–Crippen LogP) is 2.58. The minimum Gasteiger partial charge on any atom is -0.381 e. The Morgan fingerprint density at radius 2 is 1.70 bits per heavy atom. The summed E-state index contributed by atoms with van der Waals surface area (Å²) in [5, 5.41) is 3.18. The highest BCUT2D eigenvalue weighted by atomic mass is 16.5. The SMILES string of the molecule is NC(C(=O)NC1CCC(c2ccccc2)CC1)C1CCOCC1. The molecule has 23 heavy (non-hydrogen) atoms. The van der Waals surface area contributed by atoms with Crippen molar-refractivity contribution in [1.29, 1.82) is 0 Å². The molecule has 4 nitrogen and oxygen atoms in total. The highest BCUT2D eigenvalue weighted by molar-refractivity contribution is 5.82. The van der Waals surface area contributed by atoms with Crippen molar-refractivity contribution in [3.63, 3.8) is 0 Å². The van der Waals surface area contributed by atoms with Crippen LogP contribution in [-0.4, -0.2) is 31.2 Å². The van der Waals surface area contributed by atoms with Crippen LogP contribution >= 0.6 is 0 Å². The van der Waals surface area contributed by atoms with Gasteiger partial charge in [-0.2, -0.15) is 0 Å². The molecule has 2 aliphatic rings. The van der Waals surface area contributed by atoms with Crippen molar-refractivity contribution in [3.05, 3.63) is 35.9 Å². The second kappa shape index (κ2) is 7.93. The highest BCUT2D eigenvalue weighted by Crippen LogP contribution is 2.32. The maximum Gasteiger partial charge on any atom is 0.237 e. The smallest absolute Gasteiger partial charge is 0.237 e. The summed E-state index contributed by atoms with van der Waals surface area (Å²) in [7, 11) is 0. The molecule has 0 aromatic heterocycles. The standard InChI is InChI=1S/C19H28N2O2/c20-18(16-10-12-23-13-11-16)19(22)21-17-8-6-15(7-9-17)14-4-2-1-3-5-14/h1-5,15-18H,6-13,20H2,(H,21,22). The fourth-order valence-electron chi connectivity index (χ4n) is 3.88. The fourth-order valence-corrected chi connectivity index (χ4v) is 3.88. The van der Waals surface area contributed by atoms with E-state index in [0.29, 0.717) is 5.92 Å². The number of carbonyl (C=O) groups is 1. The molecule has 1 heterocycles. The van der Waals surface area contributed by atoms with Crippen LogP contribution in [0.5, 0.6) is 0 Å². The first-order valence-corrected chi connectivity index (χ1v) is 8.92. The second-order valence-corrected chi connectivity index (χ2v) is 6.94. The fraction of sp³-hybridized carbons (Fsp3) is 0.632. The van der Waals surface area contributed by atoms with E-state index in [-0.39, 0.29) is 23.9 Å². The summed E-state index contributed by atoms with van der Waals surface area (Å²) >= 11 is 0. The molecule has 0 bridgehead atoms. The van der Waals surface area contributed by atoms with E-state index >= 15 is 0 Å². The van der Waals surface area contributed by atoms with Crippen LogP contribution in [-0.2, 0) is 9.53 Å². The third-order valence-corrected chi connectivity index (χ3v) is 5.42. The third kappa shape index (κ3) is 4.33. The third-order valence-electron chi connectivity index (χ3n) is 5.42. The summed E-state index contributed by atoms with van der Waals surface area (Å²) in [5.41, 5.74) is 7.59. The molecular formula is C19H28N2O2. The average Bonchev–Trinajstić information content (AvgIpc) is 2.63. The van der Waals surface area contributed by atoms with Gasteiger partial charge in [-0.3, -0.25) is 4.79 Å². The lowest BCUT2D eigenvalue weighted by Crippen LogP contribution is -2.50. The Kier molecular flexibility index (Phi) is 5.68. The van der Waals surface area contributed by atoms with E-state index in [0.717, 1.165) is 51.7 Å². The number of hydrogen-bond donors (Lipinski definition) is 2. The van der Waals surface area contributed by atoms with Gasteiger partial charge in [0.2, 0.25) is 5.91 Å². The summed E-state index contributed by atoms with van der Waals surface area (Å²) in [6.07, 6.45) is 6.17. The van der Waals surface area contributed by atoms with Crippen LogP contribution in [0.25, 0.3) is 0 Å². The zero-order valence-corrected chi connectivity index (χ0v) is 13.7. The number of ether oxygens (including phenoxy) is 1. The normalized spacial score (nSPS) is 27.3. The van der Waals surface area contributed by atoms with E-state index in [9.17, 15) is 4.79 Å². The van der Waals surface area contributed by atoms with Gasteiger partial charge in [0, 0.05) is 19.3 Å². The molecule has 1 aromatic rings. The van der Waals surface area contributed by atoms with Crippen LogP contribution < -0.4 is 11.1 Å². The summed E-state index contributed by atoms with van der Waals surface area (Å²) in [6.45, 7) is 1.46. The van der Waals surface area contributed by atoms with Crippen molar-refractivity contribution >= 4 is 5.91 Å². The van der Waals surface area contributed by atoms with Crippen LogP contribution in [0.1, 0.15) is 50.0 Å². The van der Waals surface area contributed by atoms with Crippen molar-refractivity contribution < 1.29 is 9.53 Å². The molecule has 1 amide bonds. The Bertz CT molecular complexity index is 491. The molecule has 3 rings (SSSR count). The van der Waals surface area contributed by atoms with Gasteiger partial charge < -0.3 is 15.8 Å². The zero-order valence-electron chi connectivity index (χ0n) is 13.7. The van der Waals surface area contributed by atoms with E-state index in [4.69, 9.17) is 10.5 Å². The molecule has 1 aromatic carbocycles. The monoisotopic (exact) mass is 316 g/mol. The van der Waals surface area contributed by atoms with Crippen LogP contribution in [0, 0.1) is 5.92 Å². The van der Waals surface area contributed by atoms with Crippen molar-refractivity contribution in [3.8, 4) is 0 Å². The molecule has 0 spiro atoms. The summed E-state index contributed by atoms with van der Waals surface area (Å²) < 4.78 is 5.35. The quantitative estimate of drug-likeness (QED) is 0.897. The molecule has 2 fully saturated rings. The Morgan fingerprint density at radius 3 is 2.35 bits per heavy atom. The zero-order chi connectivity index (χ0) is 16.1. The number of benzene rings is 1. The number of nitrogens with one attached hydrogen (secondary N) is 1. The van der Waals surface area contributed by atoms with Crippen LogP contribution in [0.2, 0.25) is 0 Å². The molecule has 1 aliphatic carbocycles. The van der Waals surface area contributed by atoms with Gasteiger partial charge in [0.05, 0.1) is 6.04 Å². The van der Waals surface area contributed by atoms with E-state index in [1.165, 1.54) is 5.56 Å². The van der Waals surface area contributed by atoms with Crippen molar-refractivity contribution in [2.75, 3.05) is 13.2 Å². The number of amides is 1. The minimum atomic E-state index is -0.384. The molecule has 4 heteroatoms. The van der Waals surface area contributed by atoms with Gasteiger partial charge in [-0.15, -0.1) is 0 Å². The molecular weight excluding hydrogens is 288 g/mol. The van der Waals surface area contributed by atoms with E-state index in [2.05, 4.69) is 35.6 Å². The first-order valence-electron chi connectivity index (χ1n) is 8.92. The Morgan fingerprint density at radius 1 is 1.04 bits per heavy atom. The van der Waals surface area contributed by atoms with Gasteiger partial charge in [0.15, 0.2) is 0 Å². The van der Waals surface area contributed by atoms with Gasteiger partial charge in [0.25, 0.3) is 0 Å². The van der Waals surface area contributed by atoms with E-state index in [1.54, 1.807) is 0 Å². The topological polar surface area (TPSA) is 64.4 Å². The lowest BCUT2D eigenvalue weighted by Gasteiger charge is -2.32. The van der Waals surface area contributed by atoms with Gasteiger partial charge in [0.1, 0.15) is 0 Å². The first-order chi connectivity index (χ1) is 11.2. The lowest BCUT2D eigenvalue weighted by atomic mass is 9.81. The van der Waals surface area contributed by atoms with E-state index in [1.807, 2.05) is 0 Å². The Labute approximate surface area is 138 Å². The molecule has 126 valence electrons. The maximum atomic E-state index is 12.4. The molecule has 1 atom stereocenters. The summed E-state index contributed by atoms with van der Waals surface area (Å²) in [4.78, 5) is 12.4. The summed E-state index contributed by atoms with van der Waals surface area (Å²) in [5.74, 6) is 0.929. The predicted molar refractivity (Wildman–Crippen MR) is 91.1 cm³/mol. The molecule has 3 N–H and O–H groups in total. The van der Waals surface area contributed by atoms with Gasteiger partial charge in [-0.1, -0.05) is 30.3 Å². The second-order valence-electron chi connectivity index (χ2n) is 6.94. The van der Waals surface area contributed by atoms with Crippen molar-refractivity contribution in [2.24, 2.45) is 11.7 Å². The Balaban J connectivity index is 1.45. The van der Waals surface area contributed by atoms with Gasteiger partial charge in [-0.05, 0) is 55.9 Å². The van der Waals surface area contributed by atoms with E-state index < -0.39 is 0 Å². The van der Waals surface area contributed by atoms with Gasteiger partial charge in [-0.25, -0.2) is 0 Å². The number of rotatable bonds is 4. The van der Waals surface area contributed by atoms with Crippen LogP contribution in [0.3, 0.4) is 0 Å². The number of hydrogen-bond acceptors (Lipinski definition) is 3. The Hall–Kier alpha value is -1.39. The van der Waals surface area contributed by atoms with Crippen molar-refractivity contribution in [1.82, 2.24) is 5.32 Å². The van der Waals surface area contributed by atoms with Crippen LogP contribution in [0.4, 0.5) is 0 Å². The molecule has 0 radical (unpaired) electrons. The minimum absolute atomic E-state index is 0.0278. The number of nitrogens with two attached hydrogens (primary N) is 1. The molecule has 1 aliphatic heterocycles. The highest BCUT2D eigenvalue weighted by Gasteiger charge is 2.29. The van der Waals surface area contributed by atoms with Crippen LogP contribution in [0.15, 0.2) is 30.3 Å². The molecule has 1 unspecified atom stereocenters. The first kappa shape index (κ1) is 16.5. The number of carbonyl (C=O) groups excluding carboxylic acids is 1. The lowest BCUT2D eigenvalue weighted by molar-refractivity contribution is -0.125. The van der Waals surface area contributed by atoms with Crippen molar-refractivity contribution in [2.45, 2.75) is 56.5 Å². The molecule has 1 saturated heterocycles. The molecule has 1 saturated carbocycles. The largest absolute Gasteiger partial charge is 0.381 e. The average molecular weight is 316 g/mol. The maximum absolute atomic E-state index is 12.4. The van der Waals surface area contributed by atoms with Gasteiger partial charge >= 0.3 is 0 Å².